The van der Waals surface area contributed by atoms with Crippen molar-refractivity contribution >= 4 is 0 Å². The molecule has 8 heavy (non-hydrogen) atoms. The molecule has 1 heterocycles. The Bertz CT molecular complexity index is 108. The molecule has 4 N–H and O–H groups in total. The maximum Gasteiger partial charge on any atom is 0.0582 e. The van der Waals surface area contributed by atoms with E-state index in [1.165, 1.54) is 0 Å². The molecule has 1 aliphatic heterocycles. The first-order valence-electron chi connectivity index (χ1n) is 2.73. The van der Waals surface area contributed by atoms with E-state index in [0.717, 1.165) is 5.70 Å². The highest BCUT2D eigenvalue weighted by atomic mass is 15.4. The van der Waals surface area contributed by atoms with Crippen molar-refractivity contribution in [2.75, 3.05) is 6.54 Å². The van der Waals surface area contributed by atoms with Crippen molar-refractivity contribution in [2.24, 2.45) is 5.73 Å². The van der Waals surface area contributed by atoms with Crippen LogP contribution in [0, 0.1) is 0 Å². The molecule has 0 bridgehead atoms. The summed E-state index contributed by atoms with van der Waals surface area (Å²) in [6.45, 7) is 2.66. The van der Waals surface area contributed by atoms with E-state index in [9.17, 15) is 0 Å². The smallest absolute Gasteiger partial charge is 0.0582 e. The summed E-state index contributed by atoms with van der Waals surface area (Å²) in [4.78, 5) is 0. The van der Waals surface area contributed by atoms with E-state index in [1.807, 2.05) is 6.92 Å². The number of allylic oxidation sites excluding steroid dienone is 1. The normalized spacial score (nSPS) is 27.2. The molecule has 0 spiro atoms. The standard InChI is InChI=1S/C5H11N3/c1-4-2-5(3-6)8-7-4/h2,5,7-8H,3,6H2,1H3/t5-/m0/s1. The maximum atomic E-state index is 5.35. The fourth-order valence-corrected chi connectivity index (χ4v) is 0.719. The van der Waals surface area contributed by atoms with E-state index in [-0.39, 0.29) is 0 Å². The summed E-state index contributed by atoms with van der Waals surface area (Å²) in [7, 11) is 0. The van der Waals surface area contributed by atoms with Gasteiger partial charge in [-0.05, 0) is 13.0 Å². The number of hydrogen-bond acceptors (Lipinski definition) is 3. The third-order valence-corrected chi connectivity index (χ3v) is 1.16. The lowest BCUT2D eigenvalue weighted by Crippen LogP contribution is -2.36. The zero-order chi connectivity index (χ0) is 5.98. The Morgan fingerprint density at radius 2 is 2.62 bits per heavy atom. The summed E-state index contributed by atoms with van der Waals surface area (Å²) in [5.41, 5.74) is 12.4. The van der Waals surface area contributed by atoms with Crippen LogP contribution in [0.3, 0.4) is 0 Å². The minimum Gasteiger partial charge on any atom is -0.329 e. The number of hydrogen-bond donors (Lipinski definition) is 3. The van der Waals surface area contributed by atoms with Crippen molar-refractivity contribution in [2.45, 2.75) is 13.0 Å². The van der Waals surface area contributed by atoms with Crippen molar-refractivity contribution in [3.05, 3.63) is 11.8 Å². The predicted octanol–water partition coefficient (Wildman–Crippen LogP) is -0.675. The highest BCUT2D eigenvalue weighted by Gasteiger charge is 2.07. The highest BCUT2D eigenvalue weighted by Crippen LogP contribution is 1.95. The molecule has 0 aliphatic carbocycles. The van der Waals surface area contributed by atoms with Crippen LogP contribution in [0.1, 0.15) is 6.92 Å². The van der Waals surface area contributed by atoms with Crippen LogP contribution in [-0.4, -0.2) is 12.6 Å². The molecule has 0 fully saturated rings. The third-order valence-electron chi connectivity index (χ3n) is 1.16. The largest absolute Gasteiger partial charge is 0.329 e. The lowest BCUT2D eigenvalue weighted by Gasteiger charge is -2.02. The Morgan fingerprint density at radius 3 is 2.88 bits per heavy atom. The summed E-state index contributed by atoms with van der Waals surface area (Å²) in [6, 6.07) is 0.329. The lowest BCUT2D eigenvalue weighted by molar-refractivity contribution is 0.581. The number of nitrogens with one attached hydrogen (secondary N) is 2. The summed E-state index contributed by atoms with van der Waals surface area (Å²) in [5, 5.41) is 0. The molecule has 0 saturated carbocycles. The van der Waals surface area contributed by atoms with Crippen LogP contribution in [-0.2, 0) is 0 Å². The van der Waals surface area contributed by atoms with Crippen molar-refractivity contribution in [1.82, 2.24) is 10.9 Å². The van der Waals surface area contributed by atoms with Gasteiger partial charge in [-0.25, -0.2) is 5.43 Å². The van der Waals surface area contributed by atoms with Gasteiger partial charge in [-0.3, -0.25) is 0 Å². The Labute approximate surface area is 48.9 Å². The third kappa shape index (κ3) is 0.993. The number of hydrazine groups is 1. The van der Waals surface area contributed by atoms with Crippen LogP contribution in [0.5, 0.6) is 0 Å². The van der Waals surface area contributed by atoms with E-state index >= 15 is 0 Å². The van der Waals surface area contributed by atoms with Crippen LogP contribution >= 0.6 is 0 Å². The first-order valence-corrected chi connectivity index (χ1v) is 2.73. The molecule has 0 aromatic carbocycles. The molecule has 46 valence electrons. The molecular formula is C5H11N3. The number of nitrogens with two attached hydrogens (primary N) is 1. The van der Waals surface area contributed by atoms with Gasteiger partial charge in [-0.15, -0.1) is 0 Å². The van der Waals surface area contributed by atoms with E-state index in [2.05, 4.69) is 16.9 Å². The topological polar surface area (TPSA) is 50.1 Å². The van der Waals surface area contributed by atoms with Gasteiger partial charge in [0, 0.05) is 12.2 Å². The molecule has 0 saturated heterocycles. The number of rotatable bonds is 1. The molecule has 3 nitrogen and oxygen atoms in total. The van der Waals surface area contributed by atoms with Crippen LogP contribution < -0.4 is 16.6 Å². The molecule has 3 heteroatoms. The zero-order valence-corrected chi connectivity index (χ0v) is 4.94. The minimum atomic E-state index is 0.329. The molecule has 0 amide bonds. The summed E-state index contributed by atoms with van der Waals surface area (Å²) >= 11 is 0. The van der Waals surface area contributed by atoms with Crippen molar-refractivity contribution in [3.8, 4) is 0 Å². The maximum absolute atomic E-state index is 5.35. The van der Waals surface area contributed by atoms with Crippen LogP contribution in [0.25, 0.3) is 0 Å². The fraction of sp³-hybridized carbons (Fsp3) is 0.600. The Kier molecular flexibility index (Phi) is 1.50. The zero-order valence-electron chi connectivity index (χ0n) is 4.94. The molecular weight excluding hydrogens is 102 g/mol. The predicted molar refractivity (Wildman–Crippen MR) is 32.9 cm³/mol. The van der Waals surface area contributed by atoms with E-state index in [1.54, 1.807) is 0 Å². The first kappa shape index (κ1) is 5.59. The molecule has 0 radical (unpaired) electrons. The average molecular weight is 113 g/mol. The summed E-state index contributed by atoms with van der Waals surface area (Å²) in [6.07, 6.45) is 2.07. The van der Waals surface area contributed by atoms with Gasteiger partial charge in [0.15, 0.2) is 0 Å². The summed E-state index contributed by atoms with van der Waals surface area (Å²) in [5.74, 6) is 0. The van der Waals surface area contributed by atoms with E-state index < -0.39 is 0 Å². The van der Waals surface area contributed by atoms with Crippen molar-refractivity contribution in [1.29, 1.82) is 0 Å². The fourth-order valence-electron chi connectivity index (χ4n) is 0.719. The highest BCUT2D eigenvalue weighted by molar-refractivity contribution is 5.07. The molecule has 0 aromatic rings. The van der Waals surface area contributed by atoms with Crippen molar-refractivity contribution < 1.29 is 0 Å². The molecule has 1 rings (SSSR count). The average Bonchev–Trinajstić information content (AvgIpc) is 2.14. The Morgan fingerprint density at radius 1 is 1.88 bits per heavy atom. The van der Waals surface area contributed by atoms with Gasteiger partial charge in [0.05, 0.1) is 6.04 Å². The lowest BCUT2D eigenvalue weighted by atomic mass is 10.3. The Hall–Kier alpha value is -0.540. The molecule has 1 aliphatic rings. The minimum absolute atomic E-state index is 0.329. The molecule has 0 unspecified atom stereocenters. The van der Waals surface area contributed by atoms with E-state index in [4.69, 9.17) is 5.73 Å². The van der Waals surface area contributed by atoms with Crippen LogP contribution in [0.15, 0.2) is 11.8 Å². The molecule has 0 aromatic heterocycles. The molecule has 1 atom stereocenters. The second-order valence-corrected chi connectivity index (χ2v) is 1.96. The second kappa shape index (κ2) is 2.15. The van der Waals surface area contributed by atoms with E-state index in [0.29, 0.717) is 12.6 Å². The van der Waals surface area contributed by atoms with Crippen LogP contribution in [0.2, 0.25) is 0 Å². The van der Waals surface area contributed by atoms with Crippen LogP contribution in [0.4, 0.5) is 0 Å². The monoisotopic (exact) mass is 113 g/mol. The quantitative estimate of drug-likeness (QED) is 0.422. The van der Waals surface area contributed by atoms with Crippen molar-refractivity contribution in [3.63, 3.8) is 0 Å². The van der Waals surface area contributed by atoms with Gasteiger partial charge in [0.2, 0.25) is 0 Å². The van der Waals surface area contributed by atoms with Gasteiger partial charge in [0.1, 0.15) is 0 Å². The van der Waals surface area contributed by atoms with Gasteiger partial charge >= 0.3 is 0 Å². The summed E-state index contributed by atoms with van der Waals surface area (Å²) < 4.78 is 0. The first-order chi connectivity index (χ1) is 3.83. The second-order valence-electron chi connectivity index (χ2n) is 1.96. The van der Waals surface area contributed by atoms with Gasteiger partial charge in [0.25, 0.3) is 0 Å². The van der Waals surface area contributed by atoms with Gasteiger partial charge in [-0.2, -0.15) is 0 Å². The Balaban J connectivity index is 2.41. The van der Waals surface area contributed by atoms with Gasteiger partial charge in [-0.1, -0.05) is 0 Å². The SMILES string of the molecule is CC1=C[C@@H](CN)NN1. The van der Waals surface area contributed by atoms with Gasteiger partial charge < -0.3 is 11.2 Å².